The maximum Gasteiger partial charge on any atom is 0.239 e. The molecule has 2 fully saturated rings. The minimum Gasteiger partial charge on any atom is -0.368 e. The number of rotatable bonds is 7. The summed E-state index contributed by atoms with van der Waals surface area (Å²) in [5.41, 5.74) is 4.10. The Morgan fingerprint density at radius 2 is 1.97 bits per heavy atom. The van der Waals surface area contributed by atoms with E-state index in [1.165, 1.54) is 5.69 Å². The fourth-order valence-electron chi connectivity index (χ4n) is 4.34. The second-order valence-electron chi connectivity index (χ2n) is 8.45. The second-order valence-corrected chi connectivity index (χ2v) is 8.45. The van der Waals surface area contributed by atoms with Gasteiger partial charge in [-0.05, 0) is 68.6 Å². The third-order valence-electron chi connectivity index (χ3n) is 6.23. The van der Waals surface area contributed by atoms with Crippen molar-refractivity contribution < 1.29 is 4.79 Å². The van der Waals surface area contributed by atoms with Crippen molar-refractivity contribution in [3.8, 4) is 0 Å². The van der Waals surface area contributed by atoms with Gasteiger partial charge in [-0.25, -0.2) is 9.97 Å². The average molecular weight is 447 g/mol. The number of hydrogen-bond donors (Lipinski definition) is 2. The fourth-order valence-corrected chi connectivity index (χ4v) is 4.34. The molecular formula is C26H34N6O. The summed E-state index contributed by atoms with van der Waals surface area (Å²) in [7, 11) is 0. The van der Waals surface area contributed by atoms with Crippen LogP contribution in [0.1, 0.15) is 38.8 Å². The number of carbonyl (C=O) groups is 1. The van der Waals surface area contributed by atoms with E-state index in [4.69, 9.17) is 0 Å². The summed E-state index contributed by atoms with van der Waals surface area (Å²) in [6.45, 7) is 8.35. The van der Waals surface area contributed by atoms with Crippen LogP contribution in [0.3, 0.4) is 0 Å². The number of nitrogens with one attached hydrogen (secondary N) is 2. The van der Waals surface area contributed by atoms with Crippen LogP contribution in [0.2, 0.25) is 0 Å². The molecule has 0 radical (unpaired) electrons. The lowest BCUT2D eigenvalue weighted by Crippen LogP contribution is -2.53. The molecule has 2 N–H and O–H groups in total. The van der Waals surface area contributed by atoms with E-state index in [9.17, 15) is 4.79 Å². The van der Waals surface area contributed by atoms with Crippen LogP contribution in [0.5, 0.6) is 0 Å². The molecule has 1 aromatic heterocycles. The van der Waals surface area contributed by atoms with Crippen molar-refractivity contribution in [1.82, 2.24) is 20.2 Å². The number of aromatic nitrogens is 2. The first-order chi connectivity index (χ1) is 16.2. The van der Waals surface area contributed by atoms with Gasteiger partial charge in [-0.2, -0.15) is 0 Å². The molecular weight excluding hydrogens is 412 g/mol. The largest absolute Gasteiger partial charge is 0.368 e. The van der Waals surface area contributed by atoms with E-state index >= 15 is 0 Å². The monoisotopic (exact) mass is 446 g/mol. The molecule has 174 valence electrons. The Labute approximate surface area is 196 Å². The molecule has 0 bridgehead atoms. The fraction of sp³-hybridized carbons (Fsp3) is 0.423. The van der Waals surface area contributed by atoms with Crippen molar-refractivity contribution in [2.45, 2.75) is 39.2 Å². The topological polar surface area (TPSA) is 73.4 Å². The van der Waals surface area contributed by atoms with Gasteiger partial charge in [-0.1, -0.05) is 25.2 Å². The smallest absolute Gasteiger partial charge is 0.239 e. The lowest BCUT2D eigenvalue weighted by atomic mass is 10.1. The van der Waals surface area contributed by atoms with Crippen LogP contribution in [0, 0.1) is 0 Å². The van der Waals surface area contributed by atoms with Crippen molar-refractivity contribution in [1.29, 1.82) is 0 Å². The summed E-state index contributed by atoms with van der Waals surface area (Å²) < 4.78 is 0. The third kappa shape index (κ3) is 5.79. The van der Waals surface area contributed by atoms with Crippen LogP contribution in [0.25, 0.3) is 5.57 Å². The van der Waals surface area contributed by atoms with Crippen molar-refractivity contribution in [2.75, 3.05) is 42.9 Å². The minimum atomic E-state index is 0.0224. The highest BCUT2D eigenvalue weighted by molar-refractivity contribution is 5.82. The Morgan fingerprint density at radius 3 is 2.64 bits per heavy atom. The van der Waals surface area contributed by atoms with Crippen LogP contribution in [0.4, 0.5) is 17.3 Å². The van der Waals surface area contributed by atoms with E-state index < -0.39 is 0 Å². The molecule has 0 saturated carbocycles. The number of hydrogen-bond acceptors (Lipinski definition) is 6. The van der Waals surface area contributed by atoms with Crippen LogP contribution in [0.15, 0.2) is 54.8 Å². The quantitative estimate of drug-likeness (QED) is 0.627. The molecule has 2 aliphatic rings. The van der Waals surface area contributed by atoms with E-state index in [-0.39, 0.29) is 11.9 Å². The normalized spacial score (nSPS) is 19.3. The summed E-state index contributed by atoms with van der Waals surface area (Å²) in [6.07, 6.45) is 11.1. The van der Waals surface area contributed by atoms with E-state index in [1.807, 2.05) is 17.9 Å². The number of nitrogens with zero attached hydrogens (tertiary/aromatic N) is 4. The zero-order chi connectivity index (χ0) is 23.0. The molecule has 1 atom stereocenters. The van der Waals surface area contributed by atoms with Gasteiger partial charge in [0.1, 0.15) is 0 Å². The van der Waals surface area contributed by atoms with Gasteiger partial charge in [0.15, 0.2) is 0 Å². The highest BCUT2D eigenvalue weighted by Crippen LogP contribution is 2.22. The average Bonchev–Trinajstić information content (AvgIpc) is 3.40. The summed E-state index contributed by atoms with van der Waals surface area (Å²) in [6, 6.07) is 10.3. The first kappa shape index (κ1) is 23.0. The van der Waals surface area contributed by atoms with Gasteiger partial charge in [0.05, 0.1) is 11.7 Å². The number of anilines is 3. The van der Waals surface area contributed by atoms with Crippen molar-refractivity contribution in [2.24, 2.45) is 0 Å². The van der Waals surface area contributed by atoms with Crippen molar-refractivity contribution in [3.05, 3.63) is 60.5 Å². The number of amides is 1. The van der Waals surface area contributed by atoms with E-state index in [0.717, 1.165) is 68.9 Å². The molecule has 4 rings (SSSR count). The Kier molecular flexibility index (Phi) is 7.73. The summed E-state index contributed by atoms with van der Waals surface area (Å²) in [4.78, 5) is 26.0. The Hall–Kier alpha value is -3.19. The Balaban J connectivity index is 1.34. The molecule has 2 saturated heterocycles. The number of benzene rings is 1. The second kappa shape index (κ2) is 11.1. The molecule has 1 amide bonds. The van der Waals surface area contributed by atoms with Crippen molar-refractivity contribution in [3.63, 3.8) is 0 Å². The zero-order valence-electron chi connectivity index (χ0n) is 19.6. The van der Waals surface area contributed by atoms with E-state index in [1.54, 1.807) is 6.20 Å². The molecule has 0 aliphatic carbocycles. The number of carbonyl (C=O) groups excluding carboxylic acids is 1. The van der Waals surface area contributed by atoms with Gasteiger partial charge in [0, 0.05) is 43.8 Å². The lowest BCUT2D eigenvalue weighted by Gasteiger charge is -2.37. The Morgan fingerprint density at radius 1 is 1.18 bits per heavy atom. The maximum atomic E-state index is 12.6. The molecule has 7 heteroatoms. The first-order valence-electron chi connectivity index (χ1n) is 12.0. The van der Waals surface area contributed by atoms with E-state index in [2.05, 4.69) is 74.9 Å². The molecule has 3 heterocycles. The number of allylic oxidation sites excluding steroid dienone is 4. The van der Waals surface area contributed by atoms with E-state index in [0.29, 0.717) is 5.95 Å². The van der Waals surface area contributed by atoms with Crippen LogP contribution in [-0.2, 0) is 4.79 Å². The van der Waals surface area contributed by atoms with Gasteiger partial charge < -0.3 is 20.4 Å². The molecule has 1 aromatic carbocycles. The third-order valence-corrected chi connectivity index (χ3v) is 6.23. The molecule has 1 unspecified atom stereocenters. The molecule has 2 aromatic rings. The first-order valence-corrected chi connectivity index (χ1v) is 12.0. The predicted molar refractivity (Wildman–Crippen MR) is 135 cm³/mol. The van der Waals surface area contributed by atoms with Gasteiger partial charge in [-0.3, -0.25) is 4.79 Å². The summed E-state index contributed by atoms with van der Waals surface area (Å²) in [5.74, 6) is 0.845. The van der Waals surface area contributed by atoms with Crippen LogP contribution >= 0.6 is 0 Å². The Bertz CT molecular complexity index is 986. The predicted octanol–water partition coefficient (Wildman–Crippen LogP) is 3.99. The highest BCUT2D eigenvalue weighted by Gasteiger charge is 2.29. The zero-order valence-corrected chi connectivity index (χ0v) is 19.6. The summed E-state index contributed by atoms with van der Waals surface area (Å²) >= 11 is 0. The molecule has 33 heavy (non-hydrogen) atoms. The standard InChI is InChI=1S/C26H34N6O/c1-3-5-7-20(4-2)23-13-15-28-26(30-23)29-21-9-11-22(12-10-21)31-16-18-32(19-17-31)25(33)24-8-6-14-27-24/h4-5,7,9-13,15,24,27H,3,6,8,14,16-19H2,1-2H3,(H,28,29,30)/b7-5-,20-4+. The minimum absolute atomic E-state index is 0.0224. The lowest BCUT2D eigenvalue weighted by molar-refractivity contribution is -0.133. The molecule has 0 spiro atoms. The van der Waals surface area contributed by atoms with Gasteiger partial charge >= 0.3 is 0 Å². The molecule has 2 aliphatic heterocycles. The van der Waals surface area contributed by atoms with Gasteiger partial charge in [-0.15, -0.1) is 0 Å². The number of piperazine rings is 1. The maximum absolute atomic E-state index is 12.6. The van der Waals surface area contributed by atoms with Crippen LogP contribution < -0.4 is 15.5 Å². The van der Waals surface area contributed by atoms with Gasteiger partial charge in [0.2, 0.25) is 11.9 Å². The van der Waals surface area contributed by atoms with Crippen molar-refractivity contribution >= 4 is 28.8 Å². The SMILES string of the molecule is C/C=C(\C=C/CC)c1ccnc(Nc2ccc(N3CCN(C(=O)C4CCCN4)CC3)cc2)n1. The van der Waals surface area contributed by atoms with Gasteiger partial charge in [0.25, 0.3) is 0 Å². The van der Waals surface area contributed by atoms with Crippen LogP contribution in [-0.4, -0.2) is 59.5 Å². The summed E-state index contributed by atoms with van der Waals surface area (Å²) in [5, 5.41) is 6.63. The molecule has 7 nitrogen and oxygen atoms in total. The highest BCUT2D eigenvalue weighted by atomic mass is 16.2.